The average molecular weight is 246 g/mol. The Balaban J connectivity index is 2.19. The maximum atomic E-state index is 11.0. The molecule has 1 heterocycles. The van der Waals surface area contributed by atoms with Crippen LogP contribution in [0.2, 0.25) is 0 Å². The molecule has 6 heteroatoms. The van der Waals surface area contributed by atoms with Gasteiger partial charge in [0.1, 0.15) is 0 Å². The Morgan fingerprint density at radius 1 is 1.33 bits per heavy atom. The Kier molecular flexibility index (Phi) is 3.27. The van der Waals surface area contributed by atoms with Gasteiger partial charge < -0.3 is 10.6 Å². The highest BCUT2D eigenvalue weighted by Gasteiger charge is 2.19. The molecule has 0 bridgehead atoms. The summed E-state index contributed by atoms with van der Waals surface area (Å²) in [5, 5.41) is 9.43. The third kappa shape index (κ3) is 2.65. The second kappa shape index (κ2) is 4.87. The molecule has 1 aliphatic heterocycles. The second-order valence-corrected chi connectivity index (χ2v) is 4.06. The molecule has 94 valence electrons. The molecule has 1 unspecified atom stereocenters. The van der Waals surface area contributed by atoms with E-state index in [1.165, 1.54) is 6.92 Å². The van der Waals surface area contributed by atoms with Gasteiger partial charge in [0.15, 0.2) is 0 Å². The number of benzene rings is 1. The van der Waals surface area contributed by atoms with E-state index >= 15 is 0 Å². The van der Waals surface area contributed by atoms with Gasteiger partial charge in [-0.3, -0.25) is 4.79 Å². The summed E-state index contributed by atoms with van der Waals surface area (Å²) in [7, 11) is 0. The van der Waals surface area contributed by atoms with Crippen LogP contribution >= 0.6 is 0 Å². The van der Waals surface area contributed by atoms with E-state index in [2.05, 4.69) is 21.2 Å². The molecule has 3 amide bonds. The number of nitrogens with one attached hydrogen (secondary N) is 3. The summed E-state index contributed by atoms with van der Waals surface area (Å²) < 4.78 is 0. The van der Waals surface area contributed by atoms with E-state index in [-0.39, 0.29) is 18.0 Å². The smallest absolute Gasteiger partial charge is 0.328 e. The third-order valence-corrected chi connectivity index (χ3v) is 2.54. The molecule has 6 nitrogen and oxygen atoms in total. The van der Waals surface area contributed by atoms with Gasteiger partial charge >= 0.3 is 6.03 Å². The van der Waals surface area contributed by atoms with E-state index in [0.29, 0.717) is 0 Å². The molecule has 3 N–H and O–H groups in total. The number of amides is 3. The highest BCUT2D eigenvalue weighted by molar-refractivity contribution is 6.07. The van der Waals surface area contributed by atoms with Gasteiger partial charge in [0, 0.05) is 18.2 Å². The van der Waals surface area contributed by atoms with Crippen molar-refractivity contribution in [2.75, 3.05) is 5.32 Å². The maximum absolute atomic E-state index is 11.0. The SMILES string of the molecule is CC(=O)Nc1ccc(C2=NNC(=O)NC2C)cc1. The van der Waals surface area contributed by atoms with Crippen molar-refractivity contribution in [1.29, 1.82) is 0 Å². The number of rotatable bonds is 2. The normalized spacial score (nSPS) is 18.4. The number of anilines is 1. The minimum Gasteiger partial charge on any atom is -0.328 e. The molecule has 0 saturated heterocycles. The predicted molar refractivity (Wildman–Crippen MR) is 68.4 cm³/mol. The quantitative estimate of drug-likeness (QED) is 0.729. The lowest BCUT2D eigenvalue weighted by molar-refractivity contribution is -0.114. The van der Waals surface area contributed by atoms with Crippen molar-refractivity contribution in [1.82, 2.24) is 10.7 Å². The summed E-state index contributed by atoms with van der Waals surface area (Å²) in [5.41, 5.74) is 4.75. The molecule has 0 spiro atoms. The number of hydrogen-bond acceptors (Lipinski definition) is 3. The Morgan fingerprint density at radius 3 is 2.56 bits per heavy atom. The highest BCUT2D eigenvalue weighted by atomic mass is 16.2. The van der Waals surface area contributed by atoms with E-state index in [9.17, 15) is 9.59 Å². The van der Waals surface area contributed by atoms with Crippen LogP contribution in [-0.4, -0.2) is 23.7 Å². The predicted octanol–water partition coefficient (Wildman–Crippen LogP) is 1.05. The van der Waals surface area contributed by atoms with Gasteiger partial charge in [-0.2, -0.15) is 5.10 Å². The van der Waals surface area contributed by atoms with E-state index in [4.69, 9.17) is 0 Å². The van der Waals surface area contributed by atoms with Crippen LogP contribution in [0.4, 0.5) is 10.5 Å². The largest absolute Gasteiger partial charge is 0.335 e. The third-order valence-electron chi connectivity index (χ3n) is 2.54. The fraction of sp³-hybridized carbons (Fsp3) is 0.250. The summed E-state index contributed by atoms with van der Waals surface area (Å²) in [6, 6.07) is 6.83. The lowest BCUT2D eigenvalue weighted by Crippen LogP contribution is -2.48. The first-order chi connectivity index (χ1) is 8.56. The van der Waals surface area contributed by atoms with Gasteiger partial charge in [-0.05, 0) is 19.1 Å². The molecule has 0 aliphatic carbocycles. The summed E-state index contributed by atoms with van der Waals surface area (Å²) in [6.45, 7) is 3.32. The Morgan fingerprint density at radius 2 is 2.00 bits per heavy atom. The van der Waals surface area contributed by atoms with Crippen LogP contribution in [0.25, 0.3) is 0 Å². The molecule has 0 fully saturated rings. The van der Waals surface area contributed by atoms with Crippen molar-refractivity contribution in [2.45, 2.75) is 19.9 Å². The van der Waals surface area contributed by atoms with Crippen molar-refractivity contribution in [3.8, 4) is 0 Å². The van der Waals surface area contributed by atoms with Gasteiger partial charge in [0.05, 0.1) is 11.8 Å². The fourth-order valence-corrected chi connectivity index (χ4v) is 1.75. The van der Waals surface area contributed by atoms with Gasteiger partial charge in [0.2, 0.25) is 5.91 Å². The van der Waals surface area contributed by atoms with E-state index in [1.54, 1.807) is 12.1 Å². The number of hydrogen-bond donors (Lipinski definition) is 3. The maximum Gasteiger partial charge on any atom is 0.335 e. The van der Waals surface area contributed by atoms with Gasteiger partial charge in [-0.25, -0.2) is 10.2 Å². The number of carbonyl (C=O) groups is 2. The first-order valence-corrected chi connectivity index (χ1v) is 5.58. The minimum absolute atomic E-state index is 0.111. The van der Waals surface area contributed by atoms with E-state index < -0.39 is 0 Å². The Hall–Kier alpha value is -2.37. The zero-order valence-corrected chi connectivity index (χ0v) is 10.2. The monoisotopic (exact) mass is 246 g/mol. The van der Waals surface area contributed by atoms with E-state index in [1.807, 2.05) is 19.1 Å². The van der Waals surface area contributed by atoms with Crippen LogP contribution in [0.5, 0.6) is 0 Å². The summed E-state index contributed by atoms with van der Waals surface area (Å²) in [4.78, 5) is 21.9. The van der Waals surface area contributed by atoms with Gasteiger partial charge in [-0.15, -0.1) is 0 Å². The van der Waals surface area contributed by atoms with E-state index in [0.717, 1.165) is 17.0 Å². The molecule has 1 aromatic rings. The summed E-state index contributed by atoms with van der Waals surface area (Å²) in [6.07, 6.45) is 0. The second-order valence-electron chi connectivity index (χ2n) is 4.06. The molecule has 1 atom stereocenters. The number of urea groups is 1. The van der Waals surface area contributed by atoms with Crippen molar-refractivity contribution in [3.63, 3.8) is 0 Å². The van der Waals surface area contributed by atoms with Crippen LogP contribution in [0, 0.1) is 0 Å². The topological polar surface area (TPSA) is 82.6 Å². The van der Waals surface area contributed by atoms with Crippen molar-refractivity contribution in [2.24, 2.45) is 5.10 Å². The minimum atomic E-state index is -0.305. The first-order valence-electron chi connectivity index (χ1n) is 5.58. The summed E-state index contributed by atoms with van der Waals surface area (Å²) in [5.74, 6) is -0.111. The first kappa shape index (κ1) is 12.1. The molecule has 0 aromatic heterocycles. The van der Waals surface area contributed by atoms with Crippen molar-refractivity contribution in [3.05, 3.63) is 29.8 Å². The number of nitrogens with zero attached hydrogens (tertiary/aromatic N) is 1. The highest BCUT2D eigenvalue weighted by Crippen LogP contribution is 2.12. The fourth-order valence-electron chi connectivity index (χ4n) is 1.75. The lowest BCUT2D eigenvalue weighted by atomic mass is 10.0. The number of carbonyl (C=O) groups excluding carboxylic acids is 2. The molecule has 1 aromatic carbocycles. The molecule has 0 saturated carbocycles. The van der Waals surface area contributed by atoms with Crippen LogP contribution in [0.15, 0.2) is 29.4 Å². The molecule has 18 heavy (non-hydrogen) atoms. The molecular formula is C12H14N4O2. The lowest BCUT2D eigenvalue weighted by Gasteiger charge is -2.21. The van der Waals surface area contributed by atoms with Crippen LogP contribution in [0.3, 0.4) is 0 Å². The van der Waals surface area contributed by atoms with Crippen LogP contribution in [-0.2, 0) is 4.79 Å². The average Bonchev–Trinajstić information content (AvgIpc) is 2.30. The molecule has 2 rings (SSSR count). The van der Waals surface area contributed by atoms with Crippen molar-refractivity contribution >= 4 is 23.3 Å². The van der Waals surface area contributed by atoms with Crippen molar-refractivity contribution < 1.29 is 9.59 Å². The Labute approximate surface area is 104 Å². The van der Waals surface area contributed by atoms with Gasteiger partial charge in [0.25, 0.3) is 0 Å². The molecular weight excluding hydrogens is 232 g/mol. The standard InChI is InChI=1S/C12H14N4O2/c1-7-11(15-16-12(18)13-7)9-3-5-10(6-4-9)14-8(2)17/h3-7H,1-2H3,(H,14,17)(H2,13,16,18). The Bertz CT molecular complexity index is 507. The molecule has 0 radical (unpaired) electrons. The zero-order chi connectivity index (χ0) is 13.1. The van der Waals surface area contributed by atoms with Crippen LogP contribution < -0.4 is 16.1 Å². The molecule has 1 aliphatic rings. The summed E-state index contributed by atoms with van der Waals surface area (Å²) >= 11 is 0. The number of hydrazone groups is 1. The van der Waals surface area contributed by atoms with Gasteiger partial charge in [-0.1, -0.05) is 12.1 Å². The zero-order valence-electron chi connectivity index (χ0n) is 10.2. The van der Waals surface area contributed by atoms with Crippen LogP contribution in [0.1, 0.15) is 19.4 Å².